The maximum Gasteiger partial charge on any atom is 0.204 e. The molecule has 0 N–H and O–H groups in total. The molecule has 1 rings (SSSR count). The van der Waals surface area contributed by atoms with Crippen LogP contribution in [0.4, 0.5) is 0 Å². The fourth-order valence-electron chi connectivity index (χ4n) is 0.333. The maximum atomic E-state index is 10.4. The van der Waals surface area contributed by atoms with Crippen LogP contribution in [0.2, 0.25) is 0 Å². The Balaban J connectivity index is 2.44. The summed E-state index contributed by atoms with van der Waals surface area (Å²) in [5, 5.41) is 0. The largest absolute Gasteiger partial charge is 0.287 e. The molecule has 1 aliphatic rings. The lowest BCUT2D eigenvalue weighted by Gasteiger charge is -1.91. The highest BCUT2D eigenvalue weighted by molar-refractivity contribution is 7.53. The van der Waals surface area contributed by atoms with Crippen LogP contribution in [0, 0.1) is 0 Å². The first-order valence-electron chi connectivity index (χ1n) is 2.14. The quantitative estimate of drug-likeness (QED) is 0.358. The summed E-state index contributed by atoms with van der Waals surface area (Å²) in [5.41, 5.74) is -0.0255. The van der Waals surface area contributed by atoms with E-state index in [0.717, 1.165) is 0 Å². The van der Waals surface area contributed by atoms with E-state index < -0.39 is 0 Å². The fraction of sp³-hybridized carbons (Fsp3) is 0.250. The monoisotopic (exact) mass is 132 g/mol. The van der Waals surface area contributed by atoms with Gasteiger partial charge in [-0.1, -0.05) is 6.08 Å². The van der Waals surface area contributed by atoms with Crippen LogP contribution in [0.15, 0.2) is 12.2 Å². The van der Waals surface area contributed by atoms with Crippen molar-refractivity contribution >= 4 is 14.3 Å². The molecule has 0 saturated heterocycles. The Morgan fingerprint density at radius 3 is 3.50 bits per heavy atom. The van der Waals surface area contributed by atoms with Crippen LogP contribution in [0.3, 0.4) is 0 Å². The topological polar surface area (TPSA) is 35.5 Å². The Morgan fingerprint density at radius 1 is 1.75 bits per heavy atom. The number of rotatable bonds is 0. The molecule has 0 aliphatic carbocycles. The highest BCUT2D eigenvalue weighted by Gasteiger charge is 1.99. The summed E-state index contributed by atoms with van der Waals surface area (Å²) in [4.78, 5) is 14.9. The van der Waals surface area contributed by atoms with Crippen LogP contribution in [0.25, 0.3) is 0 Å². The molecule has 0 aromatic carbocycles. The molecule has 0 saturated carbocycles. The Bertz CT molecular complexity index is 120. The number of hydrogen-bond acceptors (Lipinski definition) is 3. The third-order valence-corrected chi connectivity index (χ3v) is 1.20. The van der Waals surface area contributed by atoms with E-state index in [1.54, 1.807) is 6.08 Å². The molecule has 0 amide bonds. The van der Waals surface area contributed by atoms with Crippen molar-refractivity contribution in [1.29, 1.82) is 0 Å². The SMILES string of the molecule is O=C1C=CCOOP1. The van der Waals surface area contributed by atoms with E-state index in [4.69, 9.17) is 0 Å². The van der Waals surface area contributed by atoms with Crippen molar-refractivity contribution in [3.05, 3.63) is 12.2 Å². The van der Waals surface area contributed by atoms with Gasteiger partial charge in [-0.2, -0.15) is 0 Å². The van der Waals surface area contributed by atoms with Crippen LogP contribution >= 0.6 is 8.81 Å². The van der Waals surface area contributed by atoms with E-state index in [1.807, 2.05) is 0 Å². The van der Waals surface area contributed by atoms with Crippen molar-refractivity contribution < 1.29 is 14.4 Å². The zero-order valence-electron chi connectivity index (χ0n) is 4.09. The van der Waals surface area contributed by atoms with E-state index in [9.17, 15) is 4.79 Å². The first kappa shape index (κ1) is 5.89. The van der Waals surface area contributed by atoms with Gasteiger partial charge in [0.15, 0.2) is 0 Å². The van der Waals surface area contributed by atoms with Crippen molar-refractivity contribution in [2.24, 2.45) is 0 Å². The standard InChI is InChI=1S/C4H5O3P/c5-4-2-1-3-6-7-8-4/h1-2,8H,3H2. The van der Waals surface area contributed by atoms with Gasteiger partial charge in [0.1, 0.15) is 15.4 Å². The third kappa shape index (κ3) is 1.70. The van der Waals surface area contributed by atoms with E-state index >= 15 is 0 Å². The normalized spacial score (nSPS) is 23.8. The second kappa shape index (κ2) is 2.92. The van der Waals surface area contributed by atoms with Gasteiger partial charge in [0.2, 0.25) is 5.52 Å². The van der Waals surface area contributed by atoms with E-state index in [0.29, 0.717) is 6.61 Å². The molecule has 0 fully saturated rings. The summed E-state index contributed by atoms with van der Waals surface area (Å²) in [7, 11) is -0.179. The lowest BCUT2D eigenvalue weighted by atomic mass is 10.5. The number of carbonyl (C=O) groups is 1. The van der Waals surface area contributed by atoms with Gasteiger partial charge in [-0.25, -0.2) is 9.56 Å². The highest BCUT2D eigenvalue weighted by atomic mass is 31.1. The molecule has 0 bridgehead atoms. The summed E-state index contributed by atoms with van der Waals surface area (Å²) in [6.07, 6.45) is 3.09. The summed E-state index contributed by atoms with van der Waals surface area (Å²) < 4.78 is 4.42. The van der Waals surface area contributed by atoms with Crippen molar-refractivity contribution in [1.82, 2.24) is 0 Å². The minimum atomic E-state index is -0.179. The fourth-order valence-corrected chi connectivity index (χ4v) is 0.728. The van der Waals surface area contributed by atoms with Gasteiger partial charge in [0, 0.05) is 0 Å². The van der Waals surface area contributed by atoms with Crippen molar-refractivity contribution in [3.63, 3.8) is 0 Å². The molecule has 1 aliphatic heterocycles. The average molecular weight is 132 g/mol. The second-order valence-corrected chi connectivity index (χ2v) is 2.10. The minimum Gasteiger partial charge on any atom is -0.287 e. The summed E-state index contributed by atoms with van der Waals surface area (Å²) in [5.74, 6) is 0. The smallest absolute Gasteiger partial charge is 0.204 e. The Morgan fingerprint density at radius 2 is 2.62 bits per heavy atom. The van der Waals surface area contributed by atoms with E-state index in [2.05, 4.69) is 9.56 Å². The summed E-state index contributed by atoms with van der Waals surface area (Å²) in [6, 6.07) is 0. The van der Waals surface area contributed by atoms with E-state index in [1.165, 1.54) is 6.08 Å². The van der Waals surface area contributed by atoms with Crippen LogP contribution in [0.1, 0.15) is 0 Å². The lowest BCUT2D eigenvalue weighted by Crippen LogP contribution is -1.81. The summed E-state index contributed by atoms with van der Waals surface area (Å²) in [6.45, 7) is 0.374. The Kier molecular flexibility index (Phi) is 2.15. The lowest BCUT2D eigenvalue weighted by molar-refractivity contribution is -0.183. The molecule has 1 unspecified atom stereocenters. The number of hydrogen-bond donors (Lipinski definition) is 0. The third-order valence-electron chi connectivity index (χ3n) is 0.635. The predicted octanol–water partition coefficient (Wildman–Crippen LogP) is 0.624. The zero-order chi connectivity index (χ0) is 5.82. The predicted molar refractivity (Wildman–Crippen MR) is 29.5 cm³/mol. The van der Waals surface area contributed by atoms with E-state index in [-0.39, 0.29) is 14.3 Å². The average Bonchev–Trinajstić information content (AvgIpc) is 1.94. The van der Waals surface area contributed by atoms with Crippen molar-refractivity contribution in [2.75, 3.05) is 6.61 Å². The van der Waals surface area contributed by atoms with Crippen LogP contribution in [0.5, 0.6) is 0 Å². The zero-order valence-corrected chi connectivity index (χ0v) is 5.09. The molecular formula is C4H5O3P. The molecular weight excluding hydrogens is 127 g/mol. The van der Waals surface area contributed by atoms with Crippen molar-refractivity contribution in [2.45, 2.75) is 0 Å². The van der Waals surface area contributed by atoms with Gasteiger partial charge >= 0.3 is 0 Å². The highest BCUT2D eigenvalue weighted by Crippen LogP contribution is 2.16. The molecule has 1 atom stereocenters. The first-order chi connectivity index (χ1) is 3.89. The number of allylic oxidation sites excluding steroid dienone is 1. The molecule has 44 valence electrons. The van der Waals surface area contributed by atoms with Gasteiger partial charge in [0.25, 0.3) is 0 Å². The Hall–Kier alpha value is -0.240. The van der Waals surface area contributed by atoms with Crippen LogP contribution < -0.4 is 0 Å². The second-order valence-electron chi connectivity index (χ2n) is 1.24. The number of carbonyl (C=O) groups excluding carboxylic acids is 1. The van der Waals surface area contributed by atoms with Gasteiger partial charge in [-0.3, -0.25) is 4.79 Å². The first-order valence-corrected chi connectivity index (χ1v) is 3.05. The molecule has 0 radical (unpaired) electrons. The molecule has 0 aromatic rings. The molecule has 3 nitrogen and oxygen atoms in total. The molecule has 1 heterocycles. The summed E-state index contributed by atoms with van der Waals surface area (Å²) >= 11 is 0. The van der Waals surface area contributed by atoms with Crippen LogP contribution in [-0.4, -0.2) is 12.1 Å². The minimum absolute atomic E-state index is 0.0255. The van der Waals surface area contributed by atoms with Gasteiger partial charge in [-0.05, 0) is 6.08 Å². The van der Waals surface area contributed by atoms with Crippen molar-refractivity contribution in [3.8, 4) is 0 Å². The maximum absolute atomic E-state index is 10.4. The Labute approximate surface area is 48.5 Å². The van der Waals surface area contributed by atoms with Gasteiger partial charge in [-0.15, -0.1) is 0 Å². The molecule has 0 spiro atoms. The van der Waals surface area contributed by atoms with Crippen LogP contribution in [-0.2, 0) is 14.4 Å². The van der Waals surface area contributed by atoms with Gasteiger partial charge < -0.3 is 0 Å². The molecule has 8 heavy (non-hydrogen) atoms. The molecule has 4 heteroatoms. The van der Waals surface area contributed by atoms with Gasteiger partial charge in [0.05, 0.1) is 0 Å². The molecule has 0 aromatic heterocycles.